The van der Waals surface area contributed by atoms with Gasteiger partial charge in [0.2, 0.25) is 6.79 Å². The maximum Gasteiger partial charge on any atom is 0.511 e. The van der Waals surface area contributed by atoms with Crippen LogP contribution in [0.2, 0.25) is 0 Å². The molecule has 542 valence electrons. The Morgan fingerprint density at radius 3 is 1.37 bits per heavy atom. The zero-order valence-corrected chi connectivity index (χ0v) is 61.5. The molecule has 16 nitrogen and oxygen atoms in total. The van der Waals surface area contributed by atoms with Crippen LogP contribution in [0, 0.1) is 11.8 Å². The first-order valence-electron chi connectivity index (χ1n) is 39.1. The molecule has 4 saturated carbocycles. The van der Waals surface area contributed by atoms with E-state index in [1.165, 1.54) is 193 Å². The lowest BCUT2D eigenvalue weighted by atomic mass is 9.49. The van der Waals surface area contributed by atoms with Crippen molar-refractivity contribution in [1.82, 2.24) is 9.80 Å². The summed E-state index contributed by atoms with van der Waals surface area (Å²) in [5.74, 6) is 3.15. The SMILES string of the molecule is CCCCCCCC/C=C/CCCCCCCCOC(=O)OCI.CCCCCCCCCCCCCCCCCCOC(=O)OCOc1ccc2c3c1O[C@H]1C(=O)CC[C@@]4(O)C(C2)N(CC2CC2)CC[C@]314.O=C1CC[C@@]2(O)C3Cc4ccc(O)c5c4[C@@]2(CCN3CC2CC2)[C@H]1O5. The number of phenolic OH excluding ortho intramolecular Hbond substituents is 1. The number of hydrogen-bond acceptors (Lipinski definition) is 16. The molecule has 2 aromatic rings. The lowest BCUT2D eigenvalue weighted by Gasteiger charge is -2.62. The molecule has 0 aromatic heterocycles. The van der Waals surface area contributed by atoms with Crippen LogP contribution in [0.15, 0.2) is 36.4 Å². The number of allylic oxidation sites excluding steroid dienone is 2. The fraction of sp³-hybridized carbons (Fsp3) is 0.775. The number of likely N-dealkylation sites (tertiary alicyclic amines) is 2. The fourth-order valence-electron chi connectivity index (χ4n) is 18.2. The molecular formula is C80H121IN2O14. The van der Waals surface area contributed by atoms with Gasteiger partial charge in [0.15, 0.2) is 46.8 Å². The zero-order chi connectivity index (χ0) is 68.1. The topological polar surface area (TPSA) is 200 Å². The molecule has 2 saturated heterocycles. The highest BCUT2D eigenvalue weighted by atomic mass is 127. The Kier molecular flexibility index (Phi) is 28.9. The molecule has 17 heteroatoms. The molecule has 0 radical (unpaired) electrons. The number of hydrogen-bond donors (Lipinski definition) is 3. The van der Waals surface area contributed by atoms with Crippen molar-refractivity contribution in [2.45, 2.75) is 330 Å². The van der Waals surface area contributed by atoms with E-state index < -0.39 is 46.6 Å². The molecule has 12 rings (SSSR count). The molecule has 2 aromatic carbocycles. The number of rotatable bonds is 41. The van der Waals surface area contributed by atoms with Crippen molar-refractivity contribution in [3.63, 3.8) is 0 Å². The van der Waals surface area contributed by atoms with Gasteiger partial charge in [-0.1, -0.05) is 192 Å². The van der Waals surface area contributed by atoms with Crippen molar-refractivity contribution in [1.29, 1.82) is 0 Å². The van der Waals surface area contributed by atoms with Crippen LogP contribution in [-0.2, 0) is 52.2 Å². The number of nitrogens with zero attached hydrogens (tertiary/aromatic N) is 2. The highest BCUT2D eigenvalue weighted by Crippen LogP contribution is 2.67. The van der Waals surface area contributed by atoms with E-state index in [9.17, 15) is 34.5 Å². The van der Waals surface area contributed by atoms with E-state index in [1.54, 1.807) is 6.07 Å². The summed E-state index contributed by atoms with van der Waals surface area (Å²) in [6, 6.07) is 7.58. The molecule has 6 fully saturated rings. The van der Waals surface area contributed by atoms with Gasteiger partial charge >= 0.3 is 12.3 Å². The Bertz CT molecular complexity index is 2880. The van der Waals surface area contributed by atoms with Crippen LogP contribution in [0.25, 0.3) is 0 Å². The maximum atomic E-state index is 13.3. The molecule has 2 spiro atoms. The number of ether oxygens (including phenoxy) is 7. The highest BCUT2D eigenvalue weighted by Gasteiger charge is 2.75. The molecule has 3 N–H and O–H groups in total. The lowest BCUT2D eigenvalue weighted by molar-refractivity contribution is -0.188. The summed E-state index contributed by atoms with van der Waals surface area (Å²) < 4.78 is 38.8. The van der Waals surface area contributed by atoms with E-state index in [4.69, 9.17) is 28.4 Å². The average molecular weight is 1460 g/mol. The third-order valence-corrected chi connectivity index (χ3v) is 24.1. The number of unbranched alkanes of at least 4 members (excludes halogenated alkanes) is 27. The largest absolute Gasteiger partial charge is 0.511 e. The third kappa shape index (κ3) is 18.4. The highest BCUT2D eigenvalue weighted by molar-refractivity contribution is 14.1. The number of phenols is 1. The number of piperidine rings is 2. The number of carbonyl (C=O) groups is 4. The second-order valence-electron chi connectivity index (χ2n) is 30.5. The fourth-order valence-corrected chi connectivity index (χ4v) is 18.5. The molecule has 6 aliphatic carbocycles. The standard InChI is InChI=1S/C40H61NO7.C20H37IO3.C20H23NO4/c1-2-3-4-5-6-7-8-9-10-11-12-13-14-15-16-17-26-45-38(43)47-29-46-33-21-20-31-27-34-40(44)23-22-32(42)37-39(40,35(31)36(33)48-37)24-25-41(34)28-30-18-19-30;1-2-3-4-5-6-7-8-9-10-11-12-13-14-15-16-17-18-23-20(22)24-19-21;22-13-4-3-12-9-15-20(24)6-5-14(23)18-19(20,16(12)17(13)25-18)7-8-21(15)10-11-1-2-11/h20-21,30,34,37,44H,2-19,22-29H2,1H3;9-10H,2-8,11-19H2,1H3;3-4,11,15,18,22,24H,1-2,5-10H2/b;10-9+;/t34?,37-,39-,40+;;15?,18-,19-,20+/m0.0/s1. The van der Waals surface area contributed by atoms with E-state index in [0.29, 0.717) is 67.2 Å². The van der Waals surface area contributed by atoms with Gasteiger partial charge in [-0.05, 0) is 174 Å². The van der Waals surface area contributed by atoms with Crippen LogP contribution in [0.4, 0.5) is 9.59 Å². The van der Waals surface area contributed by atoms with E-state index in [2.05, 4.69) is 40.5 Å². The molecule has 10 aliphatic rings. The van der Waals surface area contributed by atoms with Crippen LogP contribution in [0.3, 0.4) is 0 Å². The Morgan fingerprint density at radius 2 is 0.928 bits per heavy atom. The second-order valence-corrected chi connectivity index (χ2v) is 31.1. The molecule has 4 aliphatic heterocycles. The number of alkyl halides is 1. The molecule has 8 atom stereocenters. The first-order chi connectivity index (χ1) is 47.3. The smallest absolute Gasteiger partial charge is 0.504 e. The first kappa shape index (κ1) is 75.5. The van der Waals surface area contributed by atoms with Crippen molar-refractivity contribution >= 4 is 46.5 Å². The van der Waals surface area contributed by atoms with Gasteiger partial charge < -0.3 is 48.5 Å². The summed E-state index contributed by atoms with van der Waals surface area (Å²) in [6.45, 7) is 8.90. The molecule has 4 heterocycles. The minimum absolute atomic E-state index is 0.0104. The lowest BCUT2D eigenvalue weighted by Crippen LogP contribution is -2.76. The summed E-state index contributed by atoms with van der Waals surface area (Å²) in [4.78, 5) is 54.1. The van der Waals surface area contributed by atoms with E-state index in [-0.39, 0.29) is 36.2 Å². The number of aliphatic hydroxyl groups is 2. The van der Waals surface area contributed by atoms with Gasteiger partial charge in [0, 0.05) is 49.1 Å². The van der Waals surface area contributed by atoms with Crippen molar-refractivity contribution < 1.29 is 67.7 Å². The van der Waals surface area contributed by atoms with E-state index >= 15 is 0 Å². The van der Waals surface area contributed by atoms with Gasteiger partial charge in [0.05, 0.1) is 35.2 Å². The minimum atomic E-state index is -1.01. The number of Topliss-reactive ketones (excluding diaryl/α,β-unsaturated/α-hetero) is 2. The second kappa shape index (κ2) is 37.1. The molecule has 0 amide bonds. The summed E-state index contributed by atoms with van der Waals surface area (Å²) in [5, 5.41) is 34.7. The quantitative estimate of drug-likeness (QED) is 0.0142. The Labute approximate surface area is 594 Å². The third-order valence-electron chi connectivity index (χ3n) is 23.8. The van der Waals surface area contributed by atoms with Crippen LogP contribution in [0.1, 0.15) is 293 Å². The van der Waals surface area contributed by atoms with Crippen molar-refractivity contribution in [2.24, 2.45) is 11.8 Å². The van der Waals surface area contributed by atoms with Gasteiger partial charge in [0.25, 0.3) is 0 Å². The summed E-state index contributed by atoms with van der Waals surface area (Å²) in [6.07, 6.45) is 50.6. The predicted molar refractivity (Wildman–Crippen MR) is 386 cm³/mol. The van der Waals surface area contributed by atoms with E-state index in [0.717, 1.165) is 105 Å². The number of ketones is 2. The van der Waals surface area contributed by atoms with Crippen molar-refractivity contribution in [3.8, 4) is 23.0 Å². The first-order valence-corrected chi connectivity index (χ1v) is 40.6. The van der Waals surface area contributed by atoms with Gasteiger partial charge in [-0.15, -0.1) is 0 Å². The maximum absolute atomic E-state index is 13.3. The van der Waals surface area contributed by atoms with Crippen LogP contribution in [0.5, 0.6) is 23.0 Å². The van der Waals surface area contributed by atoms with Gasteiger partial charge in [-0.25, -0.2) is 9.59 Å². The van der Waals surface area contributed by atoms with Crippen molar-refractivity contribution in [3.05, 3.63) is 58.7 Å². The van der Waals surface area contributed by atoms with Crippen molar-refractivity contribution in [2.75, 3.05) is 50.8 Å². The number of aromatic hydroxyl groups is 1. The number of halogens is 1. The van der Waals surface area contributed by atoms with E-state index in [1.807, 2.05) is 40.8 Å². The molecule has 2 unspecified atom stereocenters. The Morgan fingerprint density at radius 1 is 0.526 bits per heavy atom. The molecular weight excluding hydrogens is 1340 g/mol. The monoisotopic (exact) mass is 1460 g/mol. The molecule has 4 bridgehead atoms. The number of carbonyl (C=O) groups excluding carboxylic acids is 4. The number of benzene rings is 2. The predicted octanol–water partition coefficient (Wildman–Crippen LogP) is 17.7. The van der Waals surface area contributed by atoms with Gasteiger partial charge in [-0.2, -0.15) is 0 Å². The summed E-state index contributed by atoms with van der Waals surface area (Å²) in [5.41, 5.74) is 0.762. The average Bonchev–Trinajstić information content (AvgIpc) is 1.60. The normalized spacial score (nSPS) is 26.8. The molecule has 97 heavy (non-hydrogen) atoms. The summed E-state index contributed by atoms with van der Waals surface area (Å²) >= 11 is 1.98. The van der Waals surface area contributed by atoms with Gasteiger partial charge in [0.1, 0.15) is 4.61 Å². The van der Waals surface area contributed by atoms with Crippen LogP contribution in [-0.4, -0.2) is 135 Å². The minimum Gasteiger partial charge on any atom is -0.504 e. The van der Waals surface area contributed by atoms with Crippen LogP contribution < -0.4 is 14.2 Å². The van der Waals surface area contributed by atoms with Crippen LogP contribution >= 0.6 is 22.6 Å². The Balaban J connectivity index is 0.000000175. The van der Waals surface area contributed by atoms with Gasteiger partial charge in [-0.3, -0.25) is 19.4 Å². The zero-order valence-electron chi connectivity index (χ0n) is 59.4. The Hall–Kier alpha value is -4.17. The summed E-state index contributed by atoms with van der Waals surface area (Å²) in [7, 11) is 0.